The van der Waals surface area contributed by atoms with E-state index in [0.29, 0.717) is 40.6 Å². The van der Waals surface area contributed by atoms with E-state index in [0.717, 1.165) is 11.1 Å². The quantitative estimate of drug-likeness (QED) is 0.287. The molecule has 38 heavy (non-hydrogen) atoms. The van der Waals surface area contributed by atoms with Gasteiger partial charge in [-0.05, 0) is 41.8 Å². The minimum Gasteiger partial charge on any atom is -0.360 e. The molecular formula is C29H26N4O4S. The third kappa shape index (κ3) is 5.52. The molecule has 1 atom stereocenters. The molecule has 0 spiro atoms. The Morgan fingerprint density at radius 3 is 2.45 bits per heavy atom. The first-order valence-electron chi connectivity index (χ1n) is 12.3. The van der Waals surface area contributed by atoms with E-state index in [4.69, 9.17) is 5.26 Å². The monoisotopic (exact) mass is 526 g/mol. The first-order chi connectivity index (χ1) is 18.3. The molecule has 9 heteroatoms. The van der Waals surface area contributed by atoms with Crippen molar-refractivity contribution in [2.75, 3.05) is 18.1 Å². The van der Waals surface area contributed by atoms with Crippen LogP contribution in [0.2, 0.25) is 0 Å². The van der Waals surface area contributed by atoms with Crippen LogP contribution < -0.4 is 10.6 Å². The summed E-state index contributed by atoms with van der Waals surface area (Å²) in [5.41, 5.74) is 4.06. The van der Waals surface area contributed by atoms with Gasteiger partial charge in [0.2, 0.25) is 0 Å². The fourth-order valence-electron chi connectivity index (χ4n) is 4.66. The number of nitrogens with zero attached hydrogens (tertiary/aromatic N) is 1. The average molecular weight is 527 g/mol. The van der Waals surface area contributed by atoms with Crippen molar-refractivity contribution < 1.29 is 18.0 Å². The Kier molecular flexibility index (Phi) is 7.09. The Hall–Kier alpha value is -4.26. The van der Waals surface area contributed by atoms with Gasteiger partial charge in [0.15, 0.2) is 15.6 Å². The van der Waals surface area contributed by atoms with E-state index in [2.05, 4.69) is 21.7 Å². The molecule has 0 aliphatic carbocycles. The molecule has 1 saturated heterocycles. The lowest BCUT2D eigenvalue weighted by Gasteiger charge is -2.26. The molecule has 2 heterocycles. The van der Waals surface area contributed by atoms with Crippen LogP contribution in [0.4, 0.5) is 0 Å². The second kappa shape index (κ2) is 10.6. The Labute approximate surface area is 220 Å². The molecule has 5 rings (SSSR count). The predicted octanol–water partition coefficient (Wildman–Crippen LogP) is 3.32. The van der Waals surface area contributed by atoms with Gasteiger partial charge in [-0.25, -0.2) is 8.42 Å². The number of nitriles is 1. The number of ketones is 1. The number of hydrogen-bond donors (Lipinski definition) is 3. The summed E-state index contributed by atoms with van der Waals surface area (Å²) in [4.78, 5) is 29.5. The first-order valence-corrected chi connectivity index (χ1v) is 14.1. The van der Waals surface area contributed by atoms with Crippen LogP contribution in [0.5, 0.6) is 0 Å². The first kappa shape index (κ1) is 25.4. The summed E-state index contributed by atoms with van der Waals surface area (Å²) in [5.74, 6) is -0.525. The van der Waals surface area contributed by atoms with Gasteiger partial charge < -0.3 is 15.6 Å². The van der Waals surface area contributed by atoms with E-state index in [1.54, 1.807) is 36.5 Å². The number of rotatable bonds is 9. The number of Topliss-reactive ketones (excluding diaryl/α,β-unsaturated/α-hetero) is 1. The average Bonchev–Trinajstić information content (AvgIpc) is 3.34. The van der Waals surface area contributed by atoms with E-state index in [1.165, 1.54) is 0 Å². The zero-order valence-corrected chi connectivity index (χ0v) is 21.3. The number of sulfone groups is 1. The van der Waals surface area contributed by atoms with Gasteiger partial charge in [0.05, 0.1) is 35.2 Å². The largest absolute Gasteiger partial charge is 0.360 e. The summed E-state index contributed by atoms with van der Waals surface area (Å²) < 4.78 is 22.7. The number of hydrogen-bond acceptors (Lipinski definition) is 6. The molecule has 3 N–H and O–H groups in total. The van der Waals surface area contributed by atoms with E-state index < -0.39 is 15.9 Å². The number of carbonyl (C=O) groups is 2. The molecule has 0 saturated carbocycles. The molecule has 0 bridgehead atoms. The zero-order valence-electron chi connectivity index (χ0n) is 20.5. The van der Waals surface area contributed by atoms with Crippen molar-refractivity contribution in [3.63, 3.8) is 0 Å². The lowest BCUT2D eigenvalue weighted by atomic mass is 9.96. The molecule has 1 aliphatic heterocycles. The van der Waals surface area contributed by atoms with E-state index in [9.17, 15) is 18.0 Å². The molecule has 4 aromatic rings. The third-order valence-corrected chi connectivity index (χ3v) is 8.52. The Morgan fingerprint density at radius 2 is 1.76 bits per heavy atom. The van der Waals surface area contributed by atoms with Crippen LogP contribution in [0, 0.1) is 11.3 Å². The van der Waals surface area contributed by atoms with Crippen LogP contribution in [-0.2, 0) is 16.3 Å². The van der Waals surface area contributed by atoms with Crippen molar-refractivity contribution in [3.8, 4) is 6.07 Å². The highest BCUT2D eigenvalue weighted by molar-refractivity contribution is 7.92. The molecule has 0 radical (unpaired) electrons. The molecule has 8 nitrogen and oxygen atoms in total. The topological polar surface area (TPSA) is 132 Å². The number of amides is 1. The molecule has 1 amide bonds. The van der Waals surface area contributed by atoms with E-state index >= 15 is 0 Å². The zero-order chi connectivity index (χ0) is 26.7. The lowest BCUT2D eigenvalue weighted by molar-refractivity contribution is 0.0935. The fraction of sp³-hybridized carbons (Fsp3) is 0.207. The minimum absolute atomic E-state index is 0.0405. The van der Waals surface area contributed by atoms with E-state index in [1.807, 2.05) is 42.5 Å². The van der Waals surface area contributed by atoms with Gasteiger partial charge in [-0.15, -0.1) is 0 Å². The maximum atomic E-state index is 13.8. The summed E-state index contributed by atoms with van der Waals surface area (Å²) >= 11 is 0. The highest BCUT2D eigenvalue weighted by Gasteiger charge is 2.34. The summed E-state index contributed by atoms with van der Waals surface area (Å²) in [6.45, 7) is 0.556. The Bertz CT molecular complexity index is 1630. The van der Waals surface area contributed by atoms with Crippen LogP contribution in [0.3, 0.4) is 0 Å². The van der Waals surface area contributed by atoms with Crippen molar-refractivity contribution in [2.45, 2.75) is 18.5 Å². The number of benzene rings is 3. The maximum absolute atomic E-state index is 13.8. The van der Waals surface area contributed by atoms with Crippen LogP contribution in [0.25, 0.3) is 10.9 Å². The molecule has 192 valence electrons. The van der Waals surface area contributed by atoms with Crippen LogP contribution in [0.15, 0.2) is 79.0 Å². The van der Waals surface area contributed by atoms with Crippen LogP contribution in [-0.4, -0.2) is 49.2 Å². The minimum atomic E-state index is -3.03. The van der Waals surface area contributed by atoms with Gasteiger partial charge in [0.1, 0.15) is 0 Å². The number of aromatic amines is 1. The van der Waals surface area contributed by atoms with Gasteiger partial charge >= 0.3 is 0 Å². The van der Waals surface area contributed by atoms with Gasteiger partial charge in [0, 0.05) is 34.8 Å². The SMILES string of the molecule is N#Cc1ccc(CCNC(C(=O)c2c[nH]c3cc(C(=O)NC4CS(=O)(=O)C4)ccc23)c2ccccc2)cc1. The highest BCUT2D eigenvalue weighted by atomic mass is 32.2. The number of H-pyrrole nitrogens is 1. The highest BCUT2D eigenvalue weighted by Crippen LogP contribution is 2.26. The Morgan fingerprint density at radius 1 is 1.03 bits per heavy atom. The van der Waals surface area contributed by atoms with Crippen LogP contribution >= 0.6 is 0 Å². The van der Waals surface area contributed by atoms with Gasteiger partial charge in [-0.1, -0.05) is 48.5 Å². The van der Waals surface area contributed by atoms with Crippen molar-refractivity contribution in [2.24, 2.45) is 0 Å². The van der Waals surface area contributed by atoms with Crippen molar-refractivity contribution in [3.05, 3.63) is 107 Å². The summed E-state index contributed by atoms with van der Waals surface area (Å²) in [5, 5.41) is 15.8. The van der Waals surface area contributed by atoms with Crippen molar-refractivity contribution >= 4 is 32.4 Å². The van der Waals surface area contributed by atoms with Gasteiger partial charge in [0.25, 0.3) is 5.91 Å². The molecule has 1 fully saturated rings. The smallest absolute Gasteiger partial charge is 0.251 e. The van der Waals surface area contributed by atoms with Crippen molar-refractivity contribution in [1.82, 2.24) is 15.6 Å². The van der Waals surface area contributed by atoms with E-state index in [-0.39, 0.29) is 29.2 Å². The van der Waals surface area contributed by atoms with Gasteiger partial charge in [-0.3, -0.25) is 9.59 Å². The van der Waals surface area contributed by atoms with Crippen molar-refractivity contribution in [1.29, 1.82) is 5.26 Å². The fourth-order valence-corrected chi connectivity index (χ4v) is 5.95. The molecular weight excluding hydrogens is 500 g/mol. The number of aromatic nitrogens is 1. The number of fused-ring (bicyclic) bond motifs is 1. The third-order valence-electron chi connectivity index (χ3n) is 6.70. The summed E-state index contributed by atoms with van der Waals surface area (Å²) in [6, 6.07) is 23.1. The second-order valence-corrected chi connectivity index (χ2v) is 11.6. The molecule has 3 aromatic carbocycles. The number of nitrogens with one attached hydrogen (secondary N) is 3. The predicted molar refractivity (Wildman–Crippen MR) is 145 cm³/mol. The summed E-state index contributed by atoms with van der Waals surface area (Å²) in [7, 11) is -3.03. The maximum Gasteiger partial charge on any atom is 0.251 e. The van der Waals surface area contributed by atoms with Gasteiger partial charge in [-0.2, -0.15) is 5.26 Å². The lowest BCUT2D eigenvalue weighted by Crippen LogP contribution is -2.52. The Balaban J connectivity index is 1.33. The number of carbonyl (C=O) groups excluding carboxylic acids is 2. The standard InChI is InChI=1S/C29H26N4O4S/c30-15-20-8-6-19(7-9-20)12-13-31-27(21-4-2-1-3-5-21)28(34)25-16-32-26-14-22(10-11-24(25)26)29(35)33-23-17-38(36,37)18-23/h1-11,14,16,23,27,31-32H,12-13,17-18H2,(H,33,35). The second-order valence-electron chi connectivity index (χ2n) is 9.43. The normalized spacial score (nSPS) is 15.3. The van der Waals surface area contributed by atoms with Crippen LogP contribution in [0.1, 0.15) is 43.4 Å². The summed E-state index contributed by atoms with van der Waals surface area (Å²) in [6.07, 6.45) is 2.35. The molecule has 1 aromatic heterocycles. The molecule has 1 aliphatic rings. The molecule has 1 unspecified atom stereocenters.